The number of nitrogens with zero attached hydrogens (tertiary/aromatic N) is 3. The molecule has 0 amide bonds. The fraction of sp³-hybridized carbons (Fsp3) is 0. The Bertz CT molecular complexity index is 7280. The summed E-state index contributed by atoms with van der Waals surface area (Å²) in [5.74, 6) is 0. The van der Waals surface area contributed by atoms with Crippen molar-refractivity contribution in [1.29, 1.82) is 0 Å². The Kier molecular flexibility index (Phi) is 15.2. The average molecular weight is 1360 g/mol. The van der Waals surface area contributed by atoms with Crippen LogP contribution in [0.4, 0.5) is 5.69 Å². The van der Waals surface area contributed by atoms with Crippen molar-refractivity contribution in [2.24, 2.45) is 0 Å². The molecule has 5 aromatic heterocycles. The molecular weight excluding hydrogens is 1300 g/mol. The fourth-order valence-corrected chi connectivity index (χ4v) is 16.0. The van der Waals surface area contributed by atoms with Crippen molar-refractivity contribution in [3.8, 4) is 77.9 Å². The largest absolute Gasteiger partial charge is 0.455 e. The molecule has 6 heteroatoms. The molecule has 0 saturated heterocycles. The minimum atomic E-state index is 0.654. The van der Waals surface area contributed by atoms with E-state index in [0.29, 0.717) is 5.69 Å². The molecule has 6 nitrogen and oxygen atoms in total. The molecule has 5 heterocycles. The van der Waals surface area contributed by atoms with E-state index in [-0.39, 0.29) is 0 Å². The van der Waals surface area contributed by atoms with Gasteiger partial charge in [-0.05, 0) is 175 Å². The SMILES string of the molecule is [C-]#[N+]c1ccc(-c2ccc(-c3cc4ccccc4c4c3oc3ccc5ccccc5c34)cc2)cc1.c1cncc(-c2ccc(-c3cc4ccccc4c4c3oc3ccc5ccccc5c34)cc2)c1.c1cncc(-c2cccc(-c3ccc(-c4cc5ccccc5c5c4oc4ccc6ccccc6c45)cc3)c2)c1. The van der Waals surface area contributed by atoms with Crippen molar-refractivity contribution in [1.82, 2.24) is 9.97 Å². The molecule has 0 saturated carbocycles. The van der Waals surface area contributed by atoms with Gasteiger partial charge in [-0.2, -0.15) is 0 Å². The van der Waals surface area contributed by atoms with Gasteiger partial charge in [-0.15, -0.1) is 0 Å². The lowest BCUT2D eigenvalue weighted by Crippen LogP contribution is -1.85. The predicted octanol–water partition coefficient (Wildman–Crippen LogP) is 28.7. The maximum absolute atomic E-state index is 7.17. The van der Waals surface area contributed by atoms with Gasteiger partial charge in [0.15, 0.2) is 5.69 Å². The van der Waals surface area contributed by atoms with Gasteiger partial charge in [0.1, 0.15) is 33.5 Å². The van der Waals surface area contributed by atoms with E-state index >= 15 is 0 Å². The molecular formula is C101H61N3O3. The summed E-state index contributed by atoms with van der Waals surface area (Å²) >= 11 is 0. The Hall–Kier alpha value is -14.5. The number of benzene rings is 17. The second kappa shape index (κ2) is 26.1. The smallest absolute Gasteiger partial charge is 0.187 e. The van der Waals surface area contributed by atoms with Gasteiger partial charge in [-0.3, -0.25) is 9.97 Å². The van der Waals surface area contributed by atoms with Gasteiger partial charge in [-0.25, -0.2) is 4.85 Å². The number of rotatable bonds is 7. The third kappa shape index (κ3) is 11.0. The Morgan fingerprint density at radius 3 is 0.841 bits per heavy atom. The second-order valence-electron chi connectivity index (χ2n) is 27.3. The number of pyridine rings is 2. The molecule has 0 aliphatic carbocycles. The third-order valence-electron chi connectivity index (χ3n) is 21.2. The molecule has 22 aromatic rings. The van der Waals surface area contributed by atoms with Crippen LogP contribution in [-0.4, -0.2) is 9.97 Å². The molecule has 17 aromatic carbocycles. The first-order valence-corrected chi connectivity index (χ1v) is 36.0. The lowest BCUT2D eigenvalue weighted by molar-refractivity contribution is 0.670. The van der Waals surface area contributed by atoms with Crippen LogP contribution in [0, 0.1) is 6.57 Å². The van der Waals surface area contributed by atoms with Crippen LogP contribution >= 0.6 is 0 Å². The van der Waals surface area contributed by atoms with E-state index in [1.54, 1.807) is 12.4 Å². The molecule has 0 fully saturated rings. The van der Waals surface area contributed by atoms with Crippen LogP contribution < -0.4 is 0 Å². The monoisotopic (exact) mass is 1360 g/mol. The summed E-state index contributed by atoms with van der Waals surface area (Å²) in [4.78, 5) is 12.0. The maximum atomic E-state index is 7.17. The highest BCUT2D eigenvalue weighted by Gasteiger charge is 2.23. The van der Waals surface area contributed by atoms with Crippen molar-refractivity contribution in [2.45, 2.75) is 0 Å². The Morgan fingerprint density at radius 2 is 0.495 bits per heavy atom. The molecule has 0 bridgehead atoms. The highest BCUT2D eigenvalue weighted by Crippen LogP contribution is 2.48. The zero-order valence-corrected chi connectivity index (χ0v) is 57.8. The van der Waals surface area contributed by atoms with Crippen LogP contribution in [0.3, 0.4) is 0 Å². The number of aromatic nitrogens is 2. The first-order valence-electron chi connectivity index (χ1n) is 36.0. The maximum Gasteiger partial charge on any atom is 0.187 e. The van der Waals surface area contributed by atoms with Crippen molar-refractivity contribution in [3.63, 3.8) is 0 Å². The number of furan rings is 3. The van der Waals surface area contributed by atoms with Gasteiger partial charge in [0.05, 0.1) is 6.57 Å². The Balaban J connectivity index is 0.000000106. The van der Waals surface area contributed by atoms with Crippen LogP contribution in [0.25, 0.3) is 213 Å². The molecule has 0 N–H and O–H groups in total. The van der Waals surface area contributed by atoms with E-state index < -0.39 is 0 Å². The molecule has 22 rings (SSSR count). The van der Waals surface area contributed by atoms with E-state index in [1.165, 1.54) is 108 Å². The summed E-state index contributed by atoms with van der Waals surface area (Å²) in [6, 6.07) is 121. The van der Waals surface area contributed by atoms with Gasteiger partial charge in [0.2, 0.25) is 0 Å². The Labute approximate surface area is 615 Å². The van der Waals surface area contributed by atoms with Crippen LogP contribution in [0.15, 0.2) is 384 Å². The minimum Gasteiger partial charge on any atom is -0.455 e. The fourth-order valence-electron chi connectivity index (χ4n) is 16.0. The topological polar surface area (TPSA) is 69.6 Å². The van der Waals surface area contributed by atoms with E-state index in [4.69, 9.17) is 19.8 Å². The first kappa shape index (κ1) is 62.3. The summed E-state index contributed by atoms with van der Waals surface area (Å²) in [5, 5.41) is 21.7. The molecule has 107 heavy (non-hydrogen) atoms. The quantitative estimate of drug-likeness (QED) is 0.149. The number of hydrogen-bond acceptors (Lipinski definition) is 5. The van der Waals surface area contributed by atoms with Crippen LogP contribution in [-0.2, 0) is 0 Å². The van der Waals surface area contributed by atoms with Gasteiger partial charge in [-0.1, -0.05) is 291 Å². The zero-order valence-electron chi connectivity index (χ0n) is 57.8. The van der Waals surface area contributed by atoms with Crippen LogP contribution in [0.2, 0.25) is 0 Å². The summed E-state index contributed by atoms with van der Waals surface area (Å²) in [7, 11) is 0. The van der Waals surface area contributed by atoms with Gasteiger partial charge in [0.25, 0.3) is 0 Å². The van der Waals surface area contributed by atoms with E-state index in [2.05, 4.69) is 324 Å². The van der Waals surface area contributed by atoms with E-state index in [9.17, 15) is 0 Å². The highest BCUT2D eigenvalue weighted by molar-refractivity contribution is 6.31. The number of hydrogen-bond donors (Lipinski definition) is 0. The van der Waals surface area contributed by atoms with Gasteiger partial charge in [0, 0.05) is 79.4 Å². The van der Waals surface area contributed by atoms with E-state index in [1.807, 2.05) is 48.8 Å². The van der Waals surface area contributed by atoms with Gasteiger partial charge >= 0.3 is 0 Å². The van der Waals surface area contributed by atoms with E-state index in [0.717, 1.165) is 100 Å². The molecule has 0 unspecified atom stereocenters. The van der Waals surface area contributed by atoms with Crippen molar-refractivity contribution >= 4 is 136 Å². The second-order valence-corrected chi connectivity index (χ2v) is 27.3. The van der Waals surface area contributed by atoms with Crippen molar-refractivity contribution in [3.05, 3.63) is 382 Å². The molecule has 498 valence electrons. The summed E-state index contributed by atoms with van der Waals surface area (Å²) in [5.41, 5.74) is 22.0. The zero-order chi connectivity index (χ0) is 70.9. The third-order valence-corrected chi connectivity index (χ3v) is 21.2. The standard InChI is InChI=1S/C37H23NO.C33H19NO.C31H19NO/c1-3-12-31-25(7-1)18-19-34-35(31)36-32-13-4-2-8-29(32)22-33(37(36)39-34)26-16-14-24(15-17-26)27-9-5-10-28(21-27)30-11-6-20-38-23-30;1-34-26-17-14-22(15-18-26)21-10-12-24(13-11-21)29-20-25-7-3-5-9-28(25)32-31-27-8-4-2-6-23(27)16-19-30(31)35-33(29)32;1-3-9-25-21(6-1)15-16-28-29(25)30-26-10-4-2-7-23(26)18-27(31(30)33-28)22-13-11-20(12-14-22)24-8-5-17-32-19-24/h1-23H;2-20H;1-19H. The summed E-state index contributed by atoms with van der Waals surface area (Å²) in [6.07, 6.45) is 7.41. The number of fused-ring (bicyclic) bond motifs is 21. The average Bonchev–Trinajstić information content (AvgIpc) is 1.60. The summed E-state index contributed by atoms with van der Waals surface area (Å²) < 4.78 is 19.8. The van der Waals surface area contributed by atoms with Crippen molar-refractivity contribution in [2.75, 3.05) is 0 Å². The normalized spacial score (nSPS) is 11.5. The lowest BCUT2D eigenvalue weighted by atomic mass is 9.93. The predicted molar refractivity (Wildman–Crippen MR) is 446 cm³/mol. The molecule has 0 atom stereocenters. The molecule has 0 radical (unpaired) electrons. The van der Waals surface area contributed by atoms with Crippen LogP contribution in [0.5, 0.6) is 0 Å². The molecule has 0 spiro atoms. The van der Waals surface area contributed by atoms with Gasteiger partial charge < -0.3 is 13.3 Å². The molecule has 0 aliphatic rings. The highest BCUT2D eigenvalue weighted by atomic mass is 16.3. The van der Waals surface area contributed by atoms with Crippen LogP contribution in [0.1, 0.15) is 0 Å². The Morgan fingerprint density at radius 1 is 0.215 bits per heavy atom. The summed E-state index contributed by atoms with van der Waals surface area (Å²) in [6.45, 7) is 7.17. The lowest BCUT2D eigenvalue weighted by Gasteiger charge is -2.09. The molecule has 0 aliphatic heterocycles. The van der Waals surface area contributed by atoms with Crippen molar-refractivity contribution < 1.29 is 13.3 Å². The first-order chi connectivity index (χ1) is 53.0. The minimum absolute atomic E-state index is 0.654.